The van der Waals surface area contributed by atoms with Gasteiger partial charge in [-0.25, -0.2) is 0 Å². The molecule has 1 rings (SSSR count). The quantitative estimate of drug-likeness (QED) is 0.872. The molecule has 0 heterocycles. The monoisotopic (exact) mass is 328 g/mol. The van der Waals surface area contributed by atoms with E-state index < -0.39 is 0 Å². The molecule has 19 heavy (non-hydrogen) atoms. The number of phenolic OH excluding ortho intramolecular Hbond substituents is 1. The molecular weight excluding hydrogens is 308 g/mol. The minimum absolute atomic E-state index is 0.0722. The topological polar surface area (TPSA) is 43.8 Å². The molecule has 0 atom stereocenters. The molecule has 0 bridgehead atoms. The second-order valence-corrected chi connectivity index (χ2v) is 5.69. The van der Waals surface area contributed by atoms with Gasteiger partial charge in [-0.1, -0.05) is 22.9 Å². The first-order valence-electron chi connectivity index (χ1n) is 6.34. The number of amides is 1. The van der Waals surface area contributed by atoms with E-state index in [1.807, 2.05) is 11.0 Å². The highest BCUT2D eigenvalue weighted by atomic mass is 79.9. The van der Waals surface area contributed by atoms with Gasteiger partial charge in [0, 0.05) is 30.7 Å². The molecule has 0 aliphatic rings. The molecule has 106 valence electrons. The first-order valence-corrected chi connectivity index (χ1v) is 7.13. The van der Waals surface area contributed by atoms with Crippen LogP contribution in [0, 0.1) is 0 Å². The Balaban J connectivity index is 2.77. The third kappa shape index (κ3) is 5.20. The van der Waals surface area contributed by atoms with Gasteiger partial charge in [0.25, 0.3) is 0 Å². The molecule has 0 aromatic heterocycles. The van der Waals surface area contributed by atoms with Crippen LogP contribution in [-0.4, -0.2) is 48.0 Å². The molecule has 4 nitrogen and oxygen atoms in total. The summed E-state index contributed by atoms with van der Waals surface area (Å²) < 4.78 is 0.927. The summed E-state index contributed by atoms with van der Waals surface area (Å²) in [5, 5.41) is 9.85. The Morgan fingerprint density at radius 3 is 2.63 bits per heavy atom. The lowest BCUT2D eigenvalue weighted by Crippen LogP contribution is -2.36. The number of phenols is 1. The third-order valence-electron chi connectivity index (χ3n) is 2.83. The van der Waals surface area contributed by atoms with E-state index >= 15 is 0 Å². The number of aromatic hydroxyl groups is 1. The summed E-state index contributed by atoms with van der Waals surface area (Å²) in [7, 11) is 3.51. The Hall–Kier alpha value is -1.07. The van der Waals surface area contributed by atoms with Gasteiger partial charge < -0.3 is 10.0 Å². The van der Waals surface area contributed by atoms with Crippen LogP contribution in [0.5, 0.6) is 5.75 Å². The zero-order valence-electron chi connectivity index (χ0n) is 11.7. The minimum Gasteiger partial charge on any atom is -0.508 e. The summed E-state index contributed by atoms with van der Waals surface area (Å²) in [5.41, 5.74) is 0.828. The lowest BCUT2D eigenvalue weighted by molar-refractivity contribution is -0.130. The summed E-state index contributed by atoms with van der Waals surface area (Å²) in [4.78, 5) is 15.4. The van der Waals surface area contributed by atoms with Gasteiger partial charge in [0.2, 0.25) is 5.91 Å². The van der Waals surface area contributed by atoms with Gasteiger partial charge in [0.05, 0.1) is 6.54 Å². The van der Waals surface area contributed by atoms with Crippen molar-refractivity contribution in [1.82, 2.24) is 9.80 Å². The molecule has 0 unspecified atom stereocenters. The number of halogens is 1. The summed E-state index contributed by atoms with van der Waals surface area (Å²) in [6.45, 7) is 3.84. The molecule has 0 aliphatic carbocycles. The maximum absolute atomic E-state index is 11.8. The van der Waals surface area contributed by atoms with Crippen LogP contribution in [0.1, 0.15) is 18.9 Å². The Morgan fingerprint density at radius 2 is 2.05 bits per heavy atom. The minimum atomic E-state index is 0.0722. The highest BCUT2D eigenvalue weighted by Crippen LogP contribution is 2.23. The second-order valence-electron chi connectivity index (χ2n) is 4.77. The predicted octanol–water partition coefficient (Wildman–Crippen LogP) is 2.45. The van der Waals surface area contributed by atoms with Crippen LogP contribution in [0.4, 0.5) is 0 Å². The fraction of sp³-hybridized carbons (Fsp3) is 0.500. The fourth-order valence-corrected chi connectivity index (χ4v) is 2.19. The van der Waals surface area contributed by atoms with Gasteiger partial charge in [0.1, 0.15) is 5.75 Å². The Morgan fingerprint density at radius 1 is 1.37 bits per heavy atom. The third-order valence-corrected chi connectivity index (χ3v) is 3.33. The van der Waals surface area contributed by atoms with E-state index in [-0.39, 0.29) is 11.7 Å². The molecule has 0 fully saturated rings. The van der Waals surface area contributed by atoms with Crippen molar-refractivity contribution in [3.05, 3.63) is 28.2 Å². The van der Waals surface area contributed by atoms with Gasteiger partial charge in [-0.2, -0.15) is 0 Å². The SMILES string of the molecule is CCCN(CC(=O)N(C)C)Cc1cc(Br)ccc1O. The smallest absolute Gasteiger partial charge is 0.236 e. The van der Waals surface area contributed by atoms with Gasteiger partial charge in [-0.3, -0.25) is 9.69 Å². The van der Waals surface area contributed by atoms with E-state index in [9.17, 15) is 9.90 Å². The number of rotatable bonds is 6. The van der Waals surface area contributed by atoms with Crippen molar-refractivity contribution in [1.29, 1.82) is 0 Å². The number of nitrogens with zero attached hydrogens (tertiary/aromatic N) is 2. The number of hydrogen-bond donors (Lipinski definition) is 1. The Bertz CT molecular complexity index is 435. The van der Waals surface area contributed by atoms with Gasteiger partial charge in [-0.15, -0.1) is 0 Å². The fourth-order valence-electron chi connectivity index (χ4n) is 1.78. The molecule has 0 aliphatic heterocycles. The predicted molar refractivity (Wildman–Crippen MR) is 80.1 cm³/mol. The normalized spacial score (nSPS) is 10.8. The van der Waals surface area contributed by atoms with Crippen LogP contribution in [-0.2, 0) is 11.3 Å². The highest BCUT2D eigenvalue weighted by Gasteiger charge is 2.14. The van der Waals surface area contributed by atoms with Crippen molar-refractivity contribution in [2.24, 2.45) is 0 Å². The van der Waals surface area contributed by atoms with Crippen LogP contribution < -0.4 is 0 Å². The van der Waals surface area contributed by atoms with Crippen molar-refractivity contribution in [2.75, 3.05) is 27.2 Å². The van der Waals surface area contributed by atoms with E-state index in [4.69, 9.17) is 0 Å². The van der Waals surface area contributed by atoms with Crippen LogP contribution >= 0.6 is 15.9 Å². The molecule has 1 aromatic carbocycles. The Labute approximate surface area is 123 Å². The largest absolute Gasteiger partial charge is 0.508 e. The average molecular weight is 329 g/mol. The zero-order valence-corrected chi connectivity index (χ0v) is 13.3. The van der Waals surface area contributed by atoms with Gasteiger partial charge >= 0.3 is 0 Å². The van der Waals surface area contributed by atoms with Gasteiger partial charge in [-0.05, 0) is 31.2 Å². The maximum Gasteiger partial charge on any atom is 0.236 e. The van der Waals surface area contributed by atoms with Crippen molar-refractivity contribution < 1.29 is 9.90 Å². The summed E-state index contributed by atoms with van der Waals surface area (Å²) in [6.07, 6.45) is 0.968. The summed E-state index contributed by atoms with van der Waals surface area (Å²) >= 11 is 3.39. The van der Waals surface area contributed by atoms with E-state index in [0.29, 0.717) is 13.1 Å². The van der Waals surface area contributed by atoms with Crippen LogP contribution in [0.25, 0.3) is 0 Å². The standard InChI is InChI=1S/C14H21BrN2O2/c1-4-7-17(10-14(19)16(2)3)9-11-8-12(15)5-6-13(11)18/h5-6,8,18H,4,7,9-10H2,1-3H3. The summed E-state index contributed by atoms with van der Waals surface area (Å²) in [6, 6.07) is 5.35. The second kappa shape index (κ2) is 7.50. The van der Waals surface area contributed by atoms with Crippen molar-refractivity contribution in [2.45, 2.75) is 19.9 Å². The van der Waals surface area contributed by atoms with Crippen LogP contribution in [0.3, 0.4) is 0 Å². The molecule has 0 saturated carbocycles. The molecule has 1 amide bonds. The molecule has 0 saturated heterocycles. The first kappa shape index (κ1) is 16.0. The van der Waals surface area contributed by atoms with Crippen LogP contribution in [0.15, 0.2) is 22.7 Å². The highest BCUT2D eigenvalue weighted by molar-refractivity contribution is 9.10. The number of carbonyl (C=O) groups is 1. The van der Waals surface area contributed by atoms with E-state index in [2.05, 4.69) is 22.9 Å². The molecule has 0 spiro atoms. The number of hydrogen-bond acceptors (Lipinski definition) is 3. The van der Waals surface area contributed by atoms with E-state index in [1.54, 1.807) is 31.1 Å². The van der Waals surface area contributed by atoms with Crippen molar-refractivity contribution in [3.63, 3.8) is 0 Å². The number of likely N-dealkylation sites (N-methyl/N-ethyl adjacent to an activating group) is 1. The first-order chi connectivity index (χ1) is 8.93. The number of benzene rings is 1. The molecule has 0 radical (unpaired) electrons. The summed E-state index contributed by atoms with van der Waals surface area (Å²) in [5.74, 6) is 0.338. The van der Waals surface area contributed by atoms with Crippen molar-refractivity contribution >= 4 is 21.8 Å². The van der Waals surface area contributed by atoms with Crippen molar-refractivity contribution in [3.8, 4) is 5.75 Å². The van der Waals surface area contributed by atoms with E-state index in [0.717, 1.165) is 23.0 Å². The molecule has 1 N–H and O–H groups in total. The number of carbonyl (C=O) groups excluding carboxylic acids is 1. The molecule has 5 heteroatoms. The molecular formula is C14H21BrN2O2. The lowest BCUT2D eigenvalue weighted by atomic mass is 10.2. The maximum atomic E-state index is 11.8. The van der Waals surface area contributed by atoms with E-state index in [1.165, 1.54) is 0 Å². The lowest BCUT2D eigenvalue weighted by Gasteiger charge is -2.23. The molecule has 1 aromatic rings. The zero-order chi connectivity index (χ0) is 14.4. The van der Waals surface area contributed by atoms with Gasteiger partial charge in [0.15, 0.2) is 0 Å². The Kier molecular flexibility index (Phi) is 6.31. The average Bonchev–Trinajstić information content (AvgIpc) is 2.34. The van der Waals surface area contributed by atoms with Crippen LogP contribution in [0.2, 0.25) is 0 Å².